The van der Waals surface area contributed by atoms with Crippen LogP contribution in [0.25, 0.3) is 0 Å². The molecule has 0 aliphatic rings. The van der Waals surface area contributed by atoms with Crippen LogP contribution in [0.2, 0.25) is 0 Å². The zero-order valence-electron chi connectivity index (χ0n) is 10.8. The summed E-state index contributed by atoms with van der Waals surface area (Å²) in [4.78, 5) is 4.24. The third-order valence-electron chi connectivity index (χ3n) is 2.55. The molecule has 0 bridgehead atoms. The molecule has 0 spiro atoms. The zero-order valence-corrected chi connectivity index (χ0v) is 11.6. The molecule has 1 unspecified atom stereocenters. The van der Waals surface area contributed by atoms with Crippen LogP contribution in [0.5, 0.6) is 5.75 Å². The van der Waals surface area contributed by atoms with Gasteiger partial charge in [0.25, 0.3) is 0 Å². The molecule has 2 N–H and O–H groups in total. The third-order valence-corrected chi connectivity index (χ3v) is 3.19. The van der Waals surface area contributed by atoms with Crippen molar-refractivity contribution in [3.63, 3.8) is 0 Å². The minimum atomic E-state index is -0.203. The summed E-state index contributed by atoms with van der Waals surface area (Å²) >= 11 is 1.74. The summed E-state index contributed by atoms with van der Waals surface area (Å²) in [5.41, 5.74) is 5.95. The second-order valence-electron chi connectivity index (χ2n) is 4.04. The highest BCUT2D eigenvalue weighted by molar-refractivity contribution is 7.98. The van der Waals surface area contributed by atoms with Crippen LogP contribution in [0.3, 0.4) is 0 Å². The van der Waals surface area contributed by atoms with Crippen molar-refractivity contribution in [3.8, 4) is 5.75 Å². The highest BCUT2D eigenvalue weighted by Crippen LogP contribution is 2.15. The largest absolute Gasteiger partial charge is 0.485 e. The van der Waals surface area contributed by atoms with Gasteiger partial charge in [-0.1, -0.05) is 23.4 Å². The summed E-state index contributed by atoms with van der Waals surface area (Å²) in [6.07, 6.45) is 2.86. The molecule has 1 atom stereocenters. The SMILES string of the molecule is CSCCC(N)c1nc(COc2ccccc2)no1. The Hall–Kier alpha value is -1.53. The van der Waals surface area contributed by atoms with Gasteiger partial charge in [0.05, 0.1) is 6.04 Å². The number of hydrogen-bond acceptors (Lipinski definition) is 6. The molecule has 0 aliphatic heterocycles. The van der Waals surface area contributed by atoms with Gasteiger partial charge in [-0.05, 0) is 30.6 Å². The van der Waals surface area contributed by atoms with Crippen molar-refractivity contribution in [3.05, 3.63) is 42.0 Å². The van der Waals surface area contributed by atoms with E-state index < -0.39 is 0 Å². The average Bonchev–Trinajstić information content (AvgIpc) is 2.92. The van der Waals surface area contributed by atoms with Crippen LogP contribution in [-0.2, 0) is 6.61 Å². The fourth-order valence-corrected chi connectivity index (χ4v) is 2.00. The van der Waals surface area contributed by atoms with E-state index in [1.807, 2.05) is 36.6 Å². The molecule has 1 aromatic heterocycles. The predicted molar refractivity (Wildman–Crippen MR) is 75.0 cm³/mol. The van der Waals surface area contributed by atoms with Gasteiger partial charge >= 0.3 is 0 Å². The van der Waals surface area contributed by atoms with E-state index in [0.717, 1.165) is 17.9 Å². The first kappa shape index (κ1) is 13.9. The number of rotatable bonds is 7. The van der Waals surface area contributed by atoms with Gasteiger partial charge in [0.15, 0.2) is 6.61 Å². The average molecular weight is 279 g/mol. The quantitative estimate of drug-likeness (QED) is 0.839. The summed E-state index contributed by atoms with van der Waals surface area (Å²) in [6, 6.07) is 9.32. The van der Waals surface area contributed by atoms with Gasteiger partial charge in [0, 0.05) is 0 Å². The predicted octanol–water partition coefficient (Wildman–Crippen LogP) is 2.40. The number of para-hydroxylation sites is 1. The molecule has 0 radical (unpaired) electrons. The van der Waals surface area contributed by atoms with Crippen LogP contribution < -0.4 is 10.5 Å². The van der Waals surface area contributed by atoms with Gasteiger partial charge < -0.3 is 15.0 Å². The van der Waals surface area contributed by atoms with E-state index in [9.17, 15) is 0 Å². The Morgan fingerprint density at radius 1 is 1.37 bits per heavy atom. The first-order valence-corrected chi connectivity index (χ1v) is 7.44. The lowest BCUT2D eigenvalue weighted by Gasteiger charge is -2.04. The Labute approximate surface area is 116 Å². The molecule has 0 fully saturated rings. The van der Waals surface area contributed by atoms with Crippen molar-refractivity contribution in [1.29, 1.82) is 0 Å². The molecule has 0 aliphatic carbocycles. The monoisotopic (exact) mass is 279 g/mol. The highest BCUT2D eigenvalue weighted by Gasteiger charge is 2.14. The normalized spacial score (nSPS) is 12.3. The Morgan fingerprint density at radius 3 is 2.89 bits per heavy atom. The van der Waals surface area contributed by atoms with Crippen molar-refractivity contribution < 1.29 is 9.26 Å². The van der Waals surface area contributed by atoms with Gasteiger partial charge in [-0.2, -0.15) is 16.7 Å². The van der Waals surface area contributed by atoms with E-state index in [1.54, 1.807) is 11.8 Å². The fourth-order valence-electron chi connectivity index (χ4n) is 1.51. The molecule has 1 heterocycles. The van der Waals surface area contributed by atoms with Crippen LogP contribution in [0.15, 0.2) is 34.9 Å². The summed E-state index contributed by atoms with van der Waals surface area (Å²) in [6.45, 7) is 0.281. The minimum Gasteiger partial charge on any atom is -0.485 e. The zero-order chi connectivity index (χ0) is 13.5. The molecule has 0 amide bonds. The van der Waals surface area contributed by atoms with Gasteiger partial charge in [0.1, 0.15) is 5.75 Å². The minimum absolute atomic E-state index is 0.203. The molecule has 2 rings (SSSR count). The topological polar surface area (TPSA) is 74.2 Å². The lowest BCUT2D eigenvalue weighted by Crippen LogP contribution is -2.11. The molecule has 5 nitrogen and oxygen atoms in total. The fraction of sp³-hybridized carbons (Fsp3) is 0.385. The lowest BCUT2D eigenvalue weighted by molar-refractivity contribution is 0.283. The maximum atomic E-state index is 5.95. The first-order valence-electron chi connectivity index (χ1n) is 6.04. The van der Waals surface area contributed by atoms with Gasteiger partial charge in [0.2, 0.25) is 11.7 Å². The summed E-state index contributed by atoms with van der Waals surface area (Å²) < 4.78 is 10.7. The maximum absolute atomic E-state index is 5.95. The summed E-state index contributed by atoms with van der Waals surface area (Å²) in [5.74, 6) is 2.74. The number of nitrogens with two attached hydrogens (primary N) is 1. The van der Waals surface area contributed by atoms with Crippen LogP contribution in [0.4, 0.5) is 0 Å². The van der Waals surface area contributed by atoms with Crippen LogP contribution in [-0.4, -0.2) is 22.1 Å². The molecule has 1 aromatic carbocycles. The molecule has 0 saturated carbocycles. The number of benzene rings is 1. The molecule has 6 heteroatoms. The third kappa shape index (κ3) is 4.25. The maximum Gasteiger partial charge on any atom is 0.243 e. The van der Waals surface area contributed by atoms with Crippen LogP contribution in [0, 0.1) is 0 Å². The van der Waals surface area contributed by atoms with Crippen molar-refractivity contribution in [2.75, 3.05) is 12.0 Å². The lowest BCUT2D eigenvalue weighted by atomic mass is 10.2. The van der Waals surface area contributed by atoms with E-state index in [4.69, 9.17) is 15.0 Å². The van der Waals surface area contributed by atoms with Crippen molar-refractivity contribution in [2.24, 2.45) is 5.73 Å². The van der Waals surface area contributed by atoms with Crippen molar-refractivity contribution >= 4 is 11.8 Å². The van der Waals surface area contributed by atoms with Crippen molar-refractivity contribution in [1.82, 2.24) is 10.1 Å². The Morgan fingerprint density at radius 2 is 2.16 bits per heavy atom. The highest BCUT2D eigenvalue weighted by atomic mass is 32.2. The molecular formula is C13H17N3O2S. The van der Waals surface area contributed by atoms with E-state index in [2.05, 4.69) is 10.1 Å². The second-order valence-corrected chi connectivity index (χ2v) is 5.02. The standard InChI is InChI=1S/C13H17N3O2S/c1-19-8-7-11(14)13-15-12(16-18-13)9-17-10-5-3-2-4-6-10/h2-6,11H,7-9,14H2,1H3. The second kappa shape index (κ2) is 7.16. The molecule has 102 valence electrons. The van der Waals surface area contributed by atoms with Gasteiger partial charge in [-0.15, -0.1) is 0 Å². The number of aromatic nitrogens is 2. The number of ether oxygens (including phenoxy) is 1. The smallest absolute Gasteiger partial charge is 0.243 e. The first-order chi connectivity index (χ1) is 9.29. The van der Waals surface area contributed by atoms with E-state index in [0.29, 0.717) is 11.7 Å². The molecule has 0 saturated heterocycles. The van der Waals surface area contributed by atoms with E-state index in [-0.39, 0.29) is 12.6 Å². The van der Waals surface area contributed by atoms with E-state index >= 15 is 0 Å². The molecule has 19 heavy (non-hydrogen) atoms. The summed E-state index contributed by atoms with van der Waals surface area (Å²) in [5, 5.41) is 3.86. The molecular weight excluding hydrogens is 262 g/mol. The number of hydrogen-bond donors (Lipinski definition) is 1. The van der Waals surface area contributed by atoms with Crippen molar-refractivity contribution in [2.45, 2.75) is 19.1 Å². The van der Waals surface area contributed by atoms with Gasteiger partial charge in [-0.25, -0.2) is 0 Å². The Kier molecular flexibility index (Phi) is 5.23. The van der Waals surface area contributed by atoms with Crippen LogP contribution >= 0.6 is 11.8 Å². The van der Waals surface area contributed by atoms with E-state index in [1.165, 1.54) is 0 Å². The Balaban J connectivity index is 1.87. The van der Waals surface area contributed by atoms with Crippen LogP contribution in [0.1, 0.15) is 24.2 Å². The summed E-state index contributed by atoms with van der Waals surface area (Å²) in [7, 11) is 0. The van der Waals surface area contributed by atoms with Gasteiger partial charge in [-0.3, -0.25) is 0 Å². The Bertz CT molecular complexity index is 490. The number of thioether (sulfide) groups is 1. The number of nitrogens with zero attached hydrogens (tertiary/aromatic N) is 2. The molecule has 2 aromatic rings.